The van der Waals surface area contributed by atoms with Crippen LogP contribution >= 0.6 is 0 Å². The summed E-state index contributed by atoms with van der Waals surface area (Å²) in [4.78, 5) is 19.4. The van der Waals surface area contributed by atoms with Crippen LogP contribution in [0.4, 0.5) is 13.2 Å². The zero-order chi connectivity index (χ0) is 22.7. The van der Waals surface area contributed by atoms with Gasteiger partial charge in [0.15, 0.2) is 17.5 Å². The standard InChI is InChI=1S/C23H20F3N5O/c1-12-21-15(22(30(3)28-21)13-8-17(24)20(26)18(25)9-13)5-7-31(12)23(32)16-10-27-11-19-14(16)4-6-29(19)2/h4,6,8-12H,5,7H2,1-3H3/t12-/m0/s1. The lowest BCUT2D eigenvalue weighted by Crippen LogP contribution is -2.39. The summed E-state index contributed by atoms with van der Waals surface area (Å²) in [6.07, 6.45) is 5.62. The predicted molar refractivity (Wildman–Crippen MR) is 112 cm³/mol. The van der Waals surface area contributed by atoms with E-state index in [0.29, 0.717) is 29.9 Å². The van der Waals surface area contributed by atoms with Gasteiger partial charge in [0, 0.05) is 49.5 Å². The number of rotatable bonds is 2. The molecule has 1 atom stereocenters. The minimum atomic E-state index is -1.50. The Morgan fingerprint density at radius 1 is 1.12 bits per heavy atom. The Bertz CT molecular complexity index is 1370. The lowest BCUT2D eigenvalue weighted by Gasteiger charge is -2.33. The molecule has 0 saturated heterocycles. The zero-order valence-corrected chi connectivity index (χ0v) is 17.7. The summed E-state index contributed by atoms with van der Waals surface area (Å²) >= 11 is 0. The molecule has 5 rings (SSSR count). The molecule has 1 aliphatic heterocycles. The molecule has 1 amide bonds. The molecule has 164 valence electrons. The molecule has 3 aromatic heterocycles. The fourth-order valence-corrected chi connectivity index (χ4v) is 4.58. The second kappa shape index (κ2) is 7.22. The van der Waals surface area contributed by atoms with Crippen molar-refractivity contribution in [3.63, 3.8) is 0 Å². The van der Waals surface area contributed by atoms with Gasteiger partial charge in [-0.05, 0) is 31.5 Å². The van der Waals surface area contributed by atoms with E-state index in [1.807, 2.05) is 30.8 Å². The first kappa shape index (κ1) is 20.3. The Labute approximate surface area is 181 Å². The van der Waals surface area contributed by atoms with E-state index in [1.165, 1.54) is 4.68 Å². The number of hydrogen-bond acceptors (Lipinski definition) is 3. The van der Waals surface area contributed by atoms with Crippen LogP contribution < -0.4 is 0 Å². The molecule has 6 nitrogen and oxygen atoms in total. The molecule has 0 bridgehead atoms. The molecule has 4 aromatic rings. The largest absolute Gasteiger partial charge is 0.349 e. The van der Waals surface area contributed by atoms with Crippen LogP contribution in [-0.2, 0) is 20.5 Å². The van der Waals surface area contributed by atoms with Crippen molar-refractivity contribution in [1.82, 2.24) is 24.2 Å². The molecular weight excluding hydrogens is 419 g/mol. The van der Waals surface area contributed by atoms with Crippen molar-refractivity contribution in [2.75, 3.05) is 6.54 Å². The molecule has 4 heterocycles. The number of amides is 1. The smallest absolute Gasteiger partial charge is 0.256 e. The maximum Gasteiger partial charge on any atom is 0.256 e. The lowest BCUT2D eigenvalue weighted by molar-refractivity contribution is 0.0675. The number of carbonyl (C=O) groups excluding carboxylic acids is 1. The fourth-order valence-electron chi connectivity index (χ4n) is 4.58. The van der Waals surface area contributed by atoms with Crippen molar-refractivity contribution in [2.24, 2.45) is 14.1 Å². The van der Waals surface area contributed by atoms with Crippen LogP contribution in [0.5, 0.6) is 0 Å². The Hall–Kier alpha value is -3.62. The van der Waals surface area contributed by atoms with E-state index in [0.717, 1.165) is 28.6 Å². The molecule has 0 fully saturated rings. The van der Waals surface area contributed by atoms with E-state index in [-0.39, 0.29) is 17.5 Å². The third-order valence-electron chi connectivity index (χ3n) is 6.20. The van der Waals surface area contributed by atoms with Crippen molar-refractivity contribution in [3.8, 4) is 11.3 Å². The fraction of sp³-hybridized carbons (Fsp3) is 0.261. The van der Waals surface area contributed by atoms with Gasteiger partial charge in [-0.15, -0.1) is 0 Å². The first-order chi connectivity index (χ1) is 15.3. The SMILES string of the molecule is C[C@H]1c2nn(C)c(-c3cc(F)c(F)c(F)c3)c2CCN1C(=O)c1cncc2c1ccn2C. The summed E-state index contributed by atoms with van der Waals surface area (Å²) in [6, 6.07) is 3.47. The van der Waals surface area contributed by atoms with E-state index >= 15 is 0 Å². The van der Waals surface area contributed by atoms with Crippen LogP contribution in [0, 0.1) is 17.5 Å². The summed E-state index contributed by atoms with van der Waals surface area (Å²) in [5, 5.41) is 5.37. The van der Waals surface area contributed by atoms with Gasteiger partial charge in [0.1, 0.15) is 0 Å². The van der Waals surface area contributed by atoms with E-state index in [1.54, 1.807) is 24.3 Å². The molecule has 0 saturated carbocycles. The van der Waals surface area contributed by atoms with Gasteiger partial charge in [-0.2, -0.15) is 5.10 Å². The van der Waals surface area contributed by atoms with E-state index in [9.17, 15) is 18.0 Å². The van der Waals surface area contributed by atoms with E-state index < -0.39 is 17.5 Å². The van der Waals surface area contributed by atoms with Crippen molar-refractivity contribution in [2.45, 2.75) is 19.4 Å². The average molecular weight is 439 g/mol. The van der Waals surface area contributed by atoms with Crippen LogP contribution in [0.1, 0.15) is 34.6 Å². The van der Waals surface area contributed by atoms with Crippen molar-refractivity contribution in [1.29, 1.82) is 0 Å². The number of halogens is 3. The summed E-state index contributed by atoms with van der Waals surface area (Å²) in [5.74, 6) is -4.16. The van der Waals surface area contributed by atoms with Gasteiger partial charge in [0.05, 0.1) is 34.7 Å². The first-order valence-corrected chi connectivity index (χ1v) is 10.2. The molecule has 0 radical (unpaired) electrons. The minimum absolute atomic E-state index is 0.154. The molecule has 0 spiro atoms. The van der Waals surface area contributed by atoms with E-state index in [4.69, 9.17) is 0 Å². The summed E-state index contributed by atoms with van der Waals surface area (Å²) < 4.78 is 44.6. The quantitative estimate of drug-likeness (QED) is 0.441. The predicted octanol–water partition coefficient (Wildman–Crippen LogP) is 4.15. The van der Waals surface area contributed by atoms with Crippen LogP contribution in [0.15, 0.2) is 36.8 Å². The second-order valence-electron chi connectivity index (χ2n) is 8.06. The number of carbonyl (C=O) groups is 1. The molecule has 0 N–H and O–H groups in total. The number of fused-ring (bicyclic) bond motifs is 2. The first-order valence-electron chi connectivity index (χ1n) is 10.2. The molecule has 9 heteroatoms. The number of aryl methyl sites for hydroxylation is 2. The van der Waals surface area contributed by atoms with Crippen molar-refractivity contribution in [3.05, 3.63) is 71.1 Å². The third kappa shape index (κ3) is 2.91. The monoisotopic (exact) mass is 439 g/mol. The zero-order valence-electron chi connectivity index (χ0n) is 17.7. The highest BCUT2D eigenvalue weighted by molar-refractivity contribution is 6.06. The molecular formula is C23H20F3N5O. The van der Waals surface area contributed by atoms with Crippen LogP contribution in [-0.4, -0.2) is 36.7 Å². The minimum Gasteiger partial charge on any atom is -0.349 e. The maximum atomic E-state index is 13.9. The van der Waals surface area contributed by atoms with Gasteiger partial charge in [0.2, 0.25) is 0 Å². The Balaban J connectivity index is 1.54. The summed E-state index contributed by atoms with van der Waals surface area (Å²) in [7, 11) is 3.56. The van der Waals surface area contributed by atoms with Gasteiger partial charge >= 0.3 is 0 Å². The van der Waals surface area contributed by atoms with Crippen molar-refractivity contribution < 1.29 is 18.0 Å². The number of aromatic nitrogens is 4. The summed E-state index contributed by atoms with van der Waals surface area (Å²) in [6.45, 7) is 2.28. The molecule has 1 aromatic carbocycles. The number of nitrogens with zero attached hydrogens (tertiary/aromatic N) is 5. The Morgan fingerprint density at radius 3 is 2.56 bits per heavy atom. The molecule has 1 aliphatic rings. The maximum absolute atomic E-state index is 13.9. The second-order valence-corrected chi connectivity index (χ2v) is 8.06. The molecule has 0 aliphatic carbocycles. The summed E-state index contributed by atoms with van der Waals surface area (Å²) in [5.41, 5.74) is 3.55. The highest BCUT2D eigenvalue weighted by Crippen LogP contribution is 2.37. The van der Waals surface area contributed by atoms with Crippen molar-refractivity contribution >= 4 is 16.8 Å². The van der Waals surface area contributed by atoms with Crippen LogP contribution in [0.25, 0.3) is 22.2 Å². The number of pyridine rings is 1. The highest BCUT2D eigenvalue weighted by Gasteiger charge is 2.34. The van der Waals surface area contributed by atoms with Gasteiger partial charge in [0.25, 0.3) is 5.91 Å². The molecule has 0 unspecified atom stereocenters. The third-order valence-corrected chi connectivity index (χ3v) is 6.20. The number of hydrogen-bond donors (Lipinski definition) is 0. The highest BCUT2D eigenvalue weighted by atomic mass is 19.2. The average Bonchev–Trinajstić information content (AvgIpc) is 3.31. The Kier molecular flexibility index (Phi) is 4.58. The van der Waals surface area contributed by atoms with Gasteiger partial charge in [-0.25, -0.2) is 13.2 Å². The van der Waals surface area contributed by atoms with E-state index in [2.05, 4.69) is 10.1 Å². The lowest BCUT2D eigenvalue weighted by atomic mass is 9.95. The van der Waals surface area contributed by atoms with Gasteiger partial charge < -0.3 is 9.47 Å². The normalized spacial score (nSPS) is 15.9. The molecule has 32 heavy (non-hydrogen) atoms. The number of benzene rings is 1. The van der Waals surface area contributed by atoms with Gasteiger partial charge in [-0.3, -0.25) is 14.5 Å². The van der Waals surface area contributed by atoms with Crippen LogP contribution in [0.2, 0.25) is 0 Å². The van der Waals surface area contributed by atoms with Gasteiger partial charge in [-0.1, -0.05) is 0 Å². The Morgan fingerprint density at radius 2 is 1.84 bits per heavy atom. The van der Waals surface area contributed by atoms with Crippen LogP contribution in [0.3, 0.4) is 0 Å². The topological polar surface area (TPSA) is 56.0 Å².